The van der Waals surface area contributed by atoms with Crippen LogP contribution in [0.4, 0.5) is 4.79 Å². The lowest BCUT2D eigenvalue weighted by Crippen LogP contribution is -2.50. The Labute approximate surface area is 84.0 Å². The average Bonchev–Trinajstić information content (AvgIpc) is 2.26. The molecule has 1 rings (SSSR count). The summed E-state index contributed by atoms with van der Waals surface area (Å²) in [6.45, 7) is 4.26. The van der Waals surface area contributed by atoms with Crippen LogP contribution in [0.2, 0.25) is 0 Å². The lowest BCUT2D eigenvalue weighted by atomic mass is 10.3. The Bertz CT molecular complexity index is 187. The van der Waals surface area contributed by atoms with Gasteiger partial charge in [0.05, 0.1) is 25.9 Å². The van der Waals surface area contributed by atoms with Crippen LogP contribution in [-0.4, -0.2) is 55.0 Å². The van der Waals surface area contributed by atoms with Gasteiger partial charge in [-0.2, -0.15) is 0 Å². The molecular formula is C9H18N2O3. The predicted molar refractivity (Wildman–Crippen MR) is 52.1 cm³/mol. The molecule has 14 heavy (non-hydrogen) atoms. The molecule has 0 saturated carbocycles. The number of aliphatic hydroxyl groups excluding tert-OH is 1. The number of amides is 2. The fraction of sp³-hybridized carbons (Fsp3) is 0.889. The quantitative estimate of drug-likeness (QED) is 0.666. The van der Waals surface area contributed by atoms with Crippen molar-refractivity contribution in [2.75, 3.05) is 32.8 Å². The molecule has 5 heteroatoms. The molecule has 0 aliphatic carbocycles. The minimum Gasteiger partial charge on any atom is -0.394 e. The number of nitrogens with zero attached hydrogens (tertiary/aromatic N) is 1. The molecule has 1 fully saturated rings. The van der Waals surface area contributed by atoms with E-state index in [0.717, 1.165) is 6.42 Å². The summed E-state index contributed by atoms with van der Waals surface area (Å²) in [5, 5.41) is 11.7. The van der Waals surface area contributed by atoms with Crippen LogP contribution < -0.4 is 5.32 Å². The maximum atomic E-state index is 11.5. The molecule has 1 unspecified atom stereocenters. The predicted octanol–water partition coefficient (Wildman–Crippen LogP) is -0.201. The minimum absolute atomic E-state index is 0.0302. The number of aliphatic hydroxyl groups is 1. The summed E-state index contributed by atoms with van der Waals surface area (Å²) in [6.07, 6.45) is 0.704. The van der Waals surface area contributed by atoms with Crippen molar-refractivity contribution in [2.24, 2.45) is 0 Å². The zero-order valence-corrected chi connectivity index (χ0v) is 8.53. The average molecular weight is 202 g/mol. The van der Waals surface area contributed by atoms with Crippen LogP contribution in [-0.2, 0) is 4.74 Å². The normalized spacial score (nSPS) is 22.1. The van der Waals surface area contributed by atoms with Gasteiger partial charge in [0.2, 0.25) is 0 Å². The Morgan fingerprint density at radius 1 is 1.71 bits per heavy atom. The van der Waals surface area contributed by atoms with Gasteiger partial charge in [0.25, 0.3) is 0 Å². The van der Waals surface area contributed by atoms with Crippen molar-refractivity contribution in [1.82, 2.24) is 10.2 Å². The van der Waals surface area contributed by atoms with Crippen molar-refractivity contribution in [1.29, 1.82) is 0 Å². The van der Waals surface area contributed by atoms with E-state index < -0.39 is 0 Å². The molecule has 1 aliphatic rings. The van der Waals surface area contributed by atoms with E-state index in [1.165, 1.54) is 0 Å². The van der Waals surface area contributed by atoms with Crippen molar-refractivity contribution in [3.05, 3.63) is 0 Å². The standard InChI is InChI=1S/C9H18N2O3/c1-2-3-10-9(13)11-4-5-14-8(6-11)7-12/h8,12H,2-7H2,1H3,(H,10,13). The molecule has 0 radical (unpaired) electrons. The molecule has 1 heterocycles. The van der Waals surface area contributed by atoms with Gasteiger partial charge >= 0.3 is 6.03 Å². The summed E-state index contributed by atoms with van der Waals surface area (Å²) in [5.41, 5.74) is 0. The van der Waals surface area contributed by atoms with E-state index in [9.17, 15) is 4.79 Å². The third kappa shape index (κ3) is 3.16. The molecule has 2 amide bonds. The molecule has 0 bridgehead atoms. The first-order chi connectivity index (χ1) is 6.77. The Kier molecular flexibility index (Phi) is 4.69. The van der Waals surface area contributed by atoms with Crippen molar-refractivity contribution in [2.45, 2.75) is 19.4 Å². The highest BCUT2D eigenvalue weighted by Crippen LogP contribution is 2.04. The van der Waals surface area contributed by atoms with Crippen LogP contribution in [0.3, 0.4) is 0 Å². The molecule has 0 aromatic carbocycles. The minimum atomic E-state index is -0.226. The van der Waals surface area contributed by atoms with Crippen molar-refractivity contribution in [3.8, 4) is 0 Å². The molecule has 1 saturated heterocycles. The Balaban J connectivity index is 2.31. The van der Waals surface area contributed by atoms with E-state index >= 15 is 0 Å². The first-order valence-electron chi connectivity index (χ1n) is 5.03. The number of hydrogen-bond donors (Lipinski definition) is 2. The highest BCUT2D eigenvalue weighted by Gasteiger charge is 2.22. The number of nitrogens with one attached hydrogen (secondary N) is 1. The topological polar surface area (TPSA) is 61.8 Å². The number of rotatable bonds is 3. The van der Waals surface area contributed by atoms with Crippen molar-refractivity contribution in [3.63, 3.8) is 0 Å². The van der Waals surface area contributed by atoms with Crippen LogP contribution >= 0.6 is 0 Å². The second-order valence-electron chi connectivity index (χ2n) is 3.35. The zero-order chi connectivity index (χ0) is 10.4. The van der Waals surface area contributed by atoms with Gasteiger partial charge < -0.3 is 20.1 Å². The number of morpholine rings is 1. The lowest BCUT2D eigenvalue weighted by Gasteiger charge is -2.31. The van der Waals surface area contributed by atoms with Gasteiger partial charge in [-0.25, -0.2) is 4.79 Å². The van der Waals surface area contributed by atoms with Gasteiger partial charge in [0, 0.05) is 13.1 Å². The first kappa shape index (κ1) is 11.3. The van der Waals surface area contributed by atoms with E-state index in [1.54, 1.807) is 4.90 Å². The maximum Gasteiger partial charge on any atom is 0.317 e. The van der Waals surface area contributed by atoms with Gasteiger partial charge in [-0.05, 0) is 6.42 Å². The van der Waals surface area contributed by atoms with Gasteiger partial charge in [-0.15, -0.1) is 0 Å². The Hall–Kier alpha value is -0.810. The summed E-state index contributed by atoms with van der Waals surface area (Å²) in [5.74, 6) is 0. The summed E-state index contributed by atoms with van der Waals surface area (Å²) < 4.78 is 5.24. The van der Waals surface area contributed by atoms with Gasteiger partial charge in [0.15, 0.2) is 0 Å². The number of urea groups is 1. The number of carbonyl (C=O) groups excluding carboxylic acids is 1. The fourth-order valence-electron chi connectivity index (χ4n) is 1.36. The SMILES string of the molecule is CCCNC(=O)N1CCOC(CO)C1. The molecule has 1 atom stereocenters. The summed E-state index contributed by atoms with van der Waals surface area (Å²) in [7, 11) is 0. The summed E-state index contributed by atoms with van der Waals surface area (Å²) >= 11 is 0. The molecule has 5 nitrogen and oxygen atoms in total. The fourth-order valence-corrected chi connectivity index (χ4v) is 1.36. The zero-order valence-electron chi connectivity index (χ0n) is 8.53. The van der Waals surface area contributed by atoms with Gasteiger partial charge in [0.1, 0.15) is 0 Å². The molecule has 0 spiro atoms. The molecule has 1 aliphatic heterocycles. The number of carbonyl (C=O) groups is 1. The van der Waals surface area contributed by atoms with Crippen LogP contribution in [0, 0.1) is 0 Å². The first-order valence-corrected chi connectivity index (χ1v) is 5.03. The number of hydrogen-bond acceptors (Lipinski definition) is 3. The highest BCUT2D eigenvalue weighted by molar-refractivity contribution is 5.74. The van der Waals surface area contributed by atoms with Gasteiger partial charge in [-0.3, -0.25) is 0 Å². The largest absolute Gasteiger partial charge is 0.394 e. The smallest absolute Gasteiger partial charge is 0.317 e. The van der Waals surface area contributed by atoms with Gasteiger partial charge in [-0.1, -0.05) is 6.92 Å². The third-order valence-corrected chi connectivity index (χ3v) is 2.16. The molecule has 2 N–H and O–H groups in total. The summed E-state index contributed by atoms with van der Waals surface area (Å²) in [6, 6.07) is -0.0615. The van der Waals surface area contributed by atoms with Crippen LogP contribution in [0.25, 0.3) is 0 Å². The maximum absolute atomic E-state index is 11.5. The second kappa shape index (κ2) is 5.82. The monoisotopic (exact) mass is 202 g/mol. The van der Waals surface area contributed by atoms with E-state index in [1.807, 2.05) is 6.92 Å². The van der Waals surface area contributed by atoms with Crippen molar-refractivity contribution < 1.29 is 14.6 Å². The Morgan fingerprint density at radius 2 is 2.50 bits per heavy atom. The second-order valence-corrected chi connectivity index (χ2v) is 3.35. The number of ether oxygens (including phenoxy) is 1. The van der Waals surface area contributed by atoms with Crippen LogP contribution in [0.1, 0.15) is 13.3 Å². The molecule has 0 aromatic heterocycles. The molecule has 0 aromatic rings. The molecule has 82 valence electrons. The van der Waals surface area contributed by atoms with Crippen LogP contribution in [0.5, 0.6) is 0 Å². The Morgan fingerprint density at radius 3 is 3.14 bits per heavy atom. The van der Waals surface area contributed by atoms with E-state index in [2.05, 4.69) is 5.32 Å². The lowest BCUT2D eigenvalue weighted by molar-refractivity contribution is -0.0402. The van der Waals surface area contributed by atoms with Crippen molar-refractivity contribution >= 4 is 6.03 Å². The third-order valence-electron chi connectivity index (χ3n) is 2.16. The highest BCUT2D eigenvalue weighted by atomic mass is 16.5. The van der Waals surface area contributed by atoms with E-state index in [-0.39, 0.29) is 18.7 Å². The van der Waals surface area contributed by atoms with E-state index in [0.29, 0.717) is 26.2 Å². The van der Waals surface area contributed by atoms with E-state index in [4.69, 9.17) is 9.84 Å². The molecular weight excluding hydrogens is 184 g/mol. The van der Waals surface area contributed by atoms with Crippen LogP contribution in [0.15, 0.2) is 0 Å². The summed E-state index contributed by atoms with van der Waals surface area (Å²) in [4.78, 5) is 13.2.